The third-order valence-electron chi connectivity index (χ3n) is 8.21. The highest BCUT2D eigenvalue weighted by atomic mass is 32.1. The smallest absolute Gasteiger partial charge is 0.174 e. The molecule has 0 amide bonds. The van der Waals surface area contributed by atoms with Gasteiger partial charge in [-0.2, -0.15) is 0 Å². The molecule has 1 N–H and O–H groups in total. The number of nitrogens with one attached hydrogen (secondary N) is 1. The van der Waals surface area contributed by atoms with Gasteiger partial charge in [-0.1, -0.05) is 25.1 Å². The van der Waals surface area contributed by atoms with E-state index in [1.54, 1.807) is 0 Å². The molecule has 6 heteroatoms. The Kier molecular flexibility index (Phi) is 7.13. The highest BCUT2D eigenvalue weighted by Gasteiger charge is 2.42. The SMILES string of the molecule is CCc1ccc(-n2c(C)cc([C@H]3[C@H](c4ccccn4)NC(=S)N3c3ccc(OC4CCCC4)cc3)c2C)cc1. The second-order valence-corrected chi connectivity index (χ2v) is 11.1. The number of aryl methyl sites for hydroxylation is 2. The number of anilines is 1. The maximum absolute atomic E-state index is 6.24. The van der Waals surface area contributed by atoms with E-state index in [0.717, 1.165) is 36.4 Å². The lowest BCUT2D eigenvalue weighted by atomic mass is 9.96. The van der Waals surface area contributed by atoms with E-state index in [1.807, 2.05) is 18.3 Å². The van der Waals surface area contributed by atoms with E-state index in [2.05, 4.69) is 96.2 Å². The number of pyridine rings is 1. The zero-order valence-electron chi connectivity index (χ0n) is 22.9. The fourth-order valence-electron chi connectivity index (χ4n) is 6.20. The van der Waals surface area contributed by atoms with Crippen LogP contribution in [0.2, 0.25) is 0 Å². The first kappa shape index (κ1) is 25.6. The Morgan fingerprint density at radius 1 is 0.949 bits per heavy atom. The minimum atomic E-state index is -0.0791. The van der Waals surface area contributed by atoms with Gasteiger partial charge in [0.15, 0.2) is 5.11 Å². The van der Waals surface area contributed by atoms with Gasteiger partial charge in [0.1, 0.15) is 5.75 Å². The molecule has 39 heavy (non-hydrogen) atoms. The predicted octanol–water partition coefficient (Wildman–Crippen LogP) is 7.55. The summed E-state index contributed by atoms with van der Waals surface area (Å²) in [7, 11) is 0. The summed E-state index contributed by atoms with van der Waals surface area (Å²) in [5, 5.41) is 4.31. The molecule has 2 aliphatic rings. The van der Waals surface area contributed by atoms with Gasteiger partial charge < -0.3 is 19.5 Å². The lowest BCUT2D eigenvalue weighted by Gasteiger charge is -2.28. The lowest BCUT2D eigenvalue weighted by Crippen LogP contribution is -2.29. The summed E-state index contributed by atoms with van der Waals surface area (Å²) in [6.07, 6.45) is 8.03. The van der Waals surface area contributed by atoms with Gasteiger partial charge >= 0.3 is 0 Å². The van der Waals surface area contributed by atoms with Gasteiger partial charge in [0.25, 0.3) is 0 Å². The number of hydrogen-bond donors (Lipinski definition) is 1. The lowest BCUT2D eigenvalue weighted by molar-refractivity contribution is 0.210. The Labute approximate surface area is 236 Å². The molecule has 1 saturated heterocycles. The Hall–Kier alpha value is -3.64. The van der Waals surface area contributed by atoms with Crippen LogP contribution in [0.3, 0.4) is 0 Å². The molecule has 200 valence electrons. The van der Waals surface area contributed by atoms with Crippen LogP contribution in [0.5, 0.6) is 5.75 Å². The van der Waals surface area contributed by atoms with Crippen molar-refractivity contribution in [2.24, 2.45) is 0 Å². The van der Waals surface area contributed by atoms with Crippen molar-refractivity contribution >= 4 is 23.0 Å². The topological polar surface area (TPSA) is 42.3 Å². The minimum absolute atomic E-state index is 0.0520. The van der Waals surface area contributed by atoms with Crippen LogP contribution >= 0.6 is 12.2 Å². The number of thiocarbonyl (C=S) groups is 1. The van der Waals surface area contributed by atoms with Crippen molar-refractivity contribution in [3.8, 4) is 11.4 Å². The van der Waals surface area contributed by atoms with E-state index in [1.165, 1.54) is 41.0 Å². The van der Waals surface area contributed by atoms with Crippen LogP contribution < -0.4 is 15.0 Å². The van der Waals surface area contributed by atoms with Crippen LogP contribution in [0.15, 0.2) is 79.0 Å². The minimum Gasteiger partial charge on any atom is -0.490 e. The zero-order chi connectivity index (χ0) is 26.9. The molecule has 0 unspecified atom stereocenters. The van der Waals surface area contributed by atoms with E-state index in [4.69, 9.17) is 21.9 Å². The van der Waals surface area contributed by atoms with Crippen molar-refractivity contribution in [3.63, 3.8) is 0 Å². The van der Waals surface area contributed by atoms with E-state index in [-0.39, 0.29) is 12.1 Å². The van der Waals surface area contributed by atoms with Gasteiger partial charge in [-0.05, 0) is 124 Å². The van der Waals surface area contributed by atoms with Crippen molar-refractivity contribution < 1.29 is 4.74 Å². The Morgan fingerprint density at radius 2 is 1.67 bits per heavy atom. The first-order valence-corrected chi connectivity index (χ1v) is 14.5. The first-order chi connectivity index (χ1) is 19.0. The van der Waals surface area contributed by atoms with Crippen molar-refractivity contribution in [3.05, 3.63) is 107 Å². The van der Waals surface area contributed by atoms with Crippen LogP contribution in [-0.4, -0.2) is 20.8 Å². The fourth-order valence-corrected chi connectivity index (χ4v) is 6.54. The van der Waals surface area contributed by atoms with E-state index in [0.29, 0.717) is 11.2 Å². The third kappa shape index (κ3) is 4.94. The first-order valence-electron chi connectivity index (χ1n) is 14.1. The molecule has 0 bridgehead atoms. The largest absolute Gasteiger partial charge is 0.490 e. The number of hydrogen-bond acceptors (Lipinski definition) is 3. The van der Waals surface area contributed by atoms with Gasteiger partial charge in [-0.3, -0.25) is 4.98 Å². The summed E-state index contributed by atoms with van der Waals surface area (Å²) < 4.78 is 8.59. The molecule has 2 atom stereocenters. The Balaban J connectivity index is 1.40. The normalized spacial score (nSPS) is 19.5. The average molecular weight is 537 g/mol. The number of ether oxygens (including phenoxy) is 1. The molecular weight excluding hydrogens is 500 g/mol. The van der Waals surface area contributed by atoms with Crippen LogP contribution in [0, 0.1) is 13.8 Å². The molecule has 0 spiro atoms. The second-order valence-electron chi connectivity index (χ2n) is 10.7. The summed E-state index contributed by atoms with van der Waals surface area (Å²) in [5.74, 6) is 0.926. The molecule has 1 aliphatic carbocycles. The Morgan fingerprint density at radius 3 is 2.33 bits per heavy atom. The monoisotopic (exact) mass is 536 g/mol. The maximum Gasteiger partial charge on any atom is 0.174 e. The van der Waals surface area contributed by atoms with Crippen LogP contribution in [0.25, 0.3) is 5.69 Å². The third-order valence-corrected chi connectivity index (χ3v) is 8.52. The number of aromatic nitrogens is 2. The van der Waals surface area contributed by atoms with Gasteiger partial charge in [-0.25, -0.2) is 0 Å². The summed E-state index contributed by atoms with van der Waals surface area (Å²) >= 11 is 5.98. The molecule has 5 nitrogen and oxygen atoms in total. The second kappa shape index (κ2) is 10.9. The van der Waals surface area contributed by atoms with Gasteiger partial charge in [0.05, 0.1) is 23.9 Å². The van der Waals surface area contributed by atoms with E-state index < -0.39 is 0 Å². The molecule has 0 radical (unpaired) electrons. The molecule has 1 saturated carbocycles. The molecule has 1 aliphatic heterocycles. The van der Waals surface area contributed by atoms with Crippen LogP contribution in [0.4, 0.5) is 5.69 Å². The molecule has 3 heterocycles. The molecule has 6 rings (SSSR count). The summed E-state index contributed by atoms with van der Waals surface area (Å²) in [6, 6.07) is 25.6. The van der Waals surface area contributed by atoms with E-state index >= 15 is 0 Å². The number of rotatable bonds is 7. The Bertz CT molecular complexity index is 1440. The molecule has 2 aromatic carbocycles. The highest BCUT2D eigenvalue weighted by molar-refractivity contribution is 7.80. The number of benzene rings is 2. The van der Waals surface area contributed by atoms with Crippen molar-refractivity contribution in [1.29, 1.82) is 0 Å². The van der Waals surface area contributed by atoms with Crippen molar-refractivity contribution in [2.75, 3.05) is 4.90 Å². The van der Waals surface area contributed by atoms with Crippen molar-refractivity contribution in [2.45, 2.75) is 71.1 Å². The van der Waals surface area contributed by atoms with Gasteiger partial charge in [0, 0.05) is 29.0 Å². The zero-order valence-corrected chi connectivity index (χ0v) is 23.7. The van der Waals surface area contributed by atoms with Gasteiger partial charge in [0.2, 0.25) is 0 Å². The maximum atomic E-state index is 6.24. The molecule has 2 aromatic heterocycles. The van der Waals surface area contributed by atoms with Crippen molar-refractivity contribution in [1.82, 2.24) is 14.9 Å². The summed E-state index contributed by atoms with van der Waals surface area (Å²) in [6.45, 7) is 6.58. The molecule has 2 fully saturated rings. The van der Waals surface area contributed by atoms with Crippen LogP contribution in [-0.2, 0) is 6.42 Å². The molecule has 4 aromatic rings. The summed E-state index contributed by atoms with van der Waals surface area (Å²) in [5.41, 5.74) is 8.19. The van der Waals surface area contributed by atoms with Crippen LogP contribution in [0.1, 0.15) is 72.9 Å². The standard InChI is InChI=1S/C33H36N4OS/c1-4-24-12-14-25(15-13-24)36-22(2)21-29(23(36)3)32-31(30-11-7-8-20-34-30)35-33(39)37(32)26-16-18-28(19-17-26)38-27-9-5-6-10-27/h7-8,11-21,27,31-32H,4-6,9-10H2,1-3H3,(H,35,39)/t31-,32-/m0/s1. The van der Waals surface area contributed by atoms with Gasteiger partial charge in [-0.15, -0.1) is 0 Å². The highest BCUT2D eigenvalue weighted by Crippen LogP contribution is 2.44. The fraction of sp³-hybridized carbons (Fsp3) is 0.333. The average Bonchev–Trinajstić information content (AvgIpc) is 3.67. The number of nitrogens with zero attached hydrogens (tertiary/aromatic N) is 3. The quantitative estimate of drug-likeness (QED) is 0.247. The van der Waals surface area contributed by atoms with E-state index in [9.17, 15) is 0 Å². The predicted molar refractivity (Wildman–Crippen MR) is 162 cm³/mol. The summed E-state index contributed by atoms with van der Waals surface area (Å²) in [4.78, 5) is 6.98. The molecular formula is C33H36N4OS.